The number of aromatic nitrogens is 3. The Morgan fingerprint density at radius 2 is 1.88 bits per heavy atom. The molecular formula is C18H21N3O5. The standard InChI is InChI=1S/C18H21N3O5/c1-11-15(26-21-18(11)23-4)6-5-9-24-13-7-8-14(16(10-13)22-3)17-19-12(2)25-20-17/h7-8,10H,5-6,9H2,1-4H3. The highest BCUT2D eigenvalue weighted by atomic mass is 16.5. The molecule has 0 saturated heterocycles. The van der Waals surface area contributed by atoms with Crippen LogP contribution in [0.1, 0.15) is 23.6 Å². The predicted octanol–water partition coefficient (Wildman–Crippen LogP) is 3.37. The molecule has 0 bridgehead atoms. The van der Waals surface area contributed by atoms with E-state index in [1.165, 1.54) is 0 Å². The van der Waals surface area contributed by atoms with Gasteiger partial charge in [0.2, 0.25) is 11.7 Å². The minimum atomic E-state index is 0.487. The summed E-state index contributed by atoms with van der Waals surface area (Å²) in [4.78, 5) is 4.22. The fourth-order valence-corrected chi connectivity index (χ4v) is 2.55. The molecule has 0 aliphatic rings. The molecule has 0 spiro atoms. The molecule has 2 aromatic heterocycles. The minimum Gasteiger partial charge on any atom is -0.496 e. The van der Waals surface area contributed by atoms with Gasteiger partial charge in [0.25, 0.3) is 5.88 Å². The first-order valence-electron chi connectivity index (χ1n) is 8.23. The van der Waals surface area contributed by atoms with Crippen molar-refractivity contribution in [3.63, 3.8) is 0 Å². The van der Waals surface area contributed by atoms with Crippen LogP contribution in [-0.4, -0.2) is 36.1 Å². The van der Waals surface area contributed by atoms with Crippen LogP contribution in [-0.2, 0) is 6.42 Å². The van der Waals surface area contributed by atoms with Crippen LogP contribution in [0.3, 0.4) is 0 Å². The highest BCUT2D eigenvalue weighted by Crippen LogP contribution is 2.31. The largest absolute Gasteiger partial charge is 0.496 e. The van der Waals surface area contributed by atoms with Crippen molar-refractivity contribution >= 4 is 0 Å². The number of nitrogens with zero attached hydrogens (tertiary/aromatic N) is 3. The molecule has 2 heterocycles. The van der Waals surface area contributed by atoms with Crippen LogP contribution in [0.25, 0.3) is 11.4 Å². The monoisotopic (exact) mass is 359 g/mol. The van der Waals surface area contributed by atoms with Crippen LogP contribution in [0.15, 0.2) is 27.2 Å². The van der Waals surface area contributed by atoms with Gasteiger partial charge in [0.15, 0.2) is 0 Å². The third kappa shape index (κ3) is 3.79. The Kier molecular flexibility index (Phi) is 5.40. The summed E-state index contributed by atoms with van der Waals surface area (Å²) in [7, 11) is 3.17. The molecule has 8 nitrogen and oxygen atoms in total. The molecular weight excluding hydrogens is 338 g/mol. The molecule has 0 unspecified atom stereocenters. The molecule has 0 aliphatic heterocycles. The highest BCUT2D eigenvalue weighted by molar-refractivity contribution is 5.65. The lowest BCUT2D eigenvalue weighted by atomic mass is 10.1. The van der Waals surface area contributed by atoms with Gasteiger partial charge in [-0.1, -0.05) is 5.16 Å². The van der Waals surface area contributed by atoms with Gasteiger partial charge in [-0.05, 0) is 30.6 Å². The van der Waals surface area contributed by atoms with E-state index in [0.29, 0.717) is 35.7 Å². The number of rotatable bonds is 8. The van der Waals surface area contributed by atoms with Crippen molar-refractivity contribution in [2.75, 3.05) is 20.8 Å². The van der Waals surface area contributed by atoms with Crippen LogP contribution in [0.4, 0.5) is 0 Å². The first-order chi connectivity index (χ1) is 12.6. The molecule has 0 fully saturated rings. The third-order valence-corrected chi connectivity index (χ3v) is 3.93. The summed E-state index contributed by atoms with van der Waals surface area (Å²) in [5, 5.41) is 7.78. The van der Waals surface area contributed by atoms with Crippen molar-refractivity contribution in [2.45, 2.75) is 26.7 Å². The van der Waals surface area contributed by atoms with Crippen molar-refractivity contribution in [1.82, 2.24) is 15.3 Å². The maximum Gasteiger partial charge on any atom is 0.257 e. The fourth-order valence-electron chi connectivity index (χ4n) is 2.55. The van der Waals surface area contributed by atoms with E-state index in [1.54, 1.807) is 21.1 Å². The first kappa shape index (κ1) is 17.8. The lowest BCUT2D eigenvalue weighted by Crippen LogP contribution is -2.00. The molecule has 1 aromatic carbocycles. The molecule has 26 heavy (non-hydrogen) atoms. The molecule has 3 aromatic rings. The Labute approximate surface area is 151 Å². The summed E-state index contributed by atoms with van der Waals surface area (Å²) in [5.74, 6) is 3.66. The first-order valence-corrected chi connectivity index (χ1v) is 8.23. The van der Waals surface area contributed by atoms with Gasteiger partial charge in [-0.2, -0.15) is 4.98 Å². The maximum atomic E-state index is 5.80. The zero-order valence-electron chi connectivity index (χ0n) is 15.2. The van der Waals surface area contributed by atoms with Gasteiger partial charge in [0.05, 0.1) is 32.0 Å². The Bertz CT molecular complexity index is 872. The molecule has 8 heteroatoms. The van der Waals surface area contributed by atoms with Crippen LogP contribution in [0.2, 0.25) is 0 Å². The van der Waals surface area contributed by atoms with E-state index in [2.05, 4.69) is 15.3 Å². The average Bonchev–Trinajstić information content (AvgIpc) is 3.24. The van der Waals surface area contributed by atoms with Crippen LogP contribution in [0, 0.1) is 13.8 Å². The summed E-state index contributed by atoms with van der Waals surface area (Å²) in [6.07, 6.45) is 1.51. The third-order valence-electron chi connectivity index (χ3n) is 3.93. The molecule has 138 valence electrons. The molecule has 0 atom stereocenters. The van der Waals surface area contributed by atoms with Crippen molar-refractivity contribution in [2.24, 2.45) is 0 Å². The molecule has 3 rings (SSSR count). The molecule has 0 amide bonds. The van der Waals surface area contributed by atoms with Crippen LogP contribution < -0.4 is 14.2 Å². The van der Waals surface area contributed by atoms with Crippen molar-refractivity contribution in [1.29, 1.82) is 0 Å². The Hall–Kier alpha value is -3.03. The number of hydrogen-bond acceptors (Lipinski definition) is 8. The quantitative estimate of drug-likeness (QED) is 0.565. The maximum absolute atomic E-state index is 5.80. The van der Waals surface area contributed by atoms with Crippen molar-refractivity contribution in [3.05, 3.63) is 35.4 Å². The normalized spacial score (nSPS) is 10.8. The lowest BCUT2D eigenvalue weighted by Gasteiger charge is -2.10. The van der Waals surface area contributed by atoms with Gasteiger partial charge in [-0.3, -0.25) is 0 Å². The summed E-state index contributed by atoms with van der Waals surface area (Å²) < 4.78 is 26.6. The van der Waals surface area contributed by atoms with Crippen molar-refractivity contribution < 1.29 is 23.3 Å². The minimum absolute atomic E-state index is 0.487. The van der Waals surface area contributed by atoms with Gasteiger partial charge in [0, 0.05) is 19.4 Å². The number of benzene rings is 1. The molecule has 0 N–H and O–H groups in total. The molecule has 0 saturated carbocycles. The fraction of sp³-hybridized carbons (Fsp3) is 0.389. The highest BCUT2D eigenvalue weighted by Gasteiger charge is 2.14. The van der Waals surface area contributed by atoms with Gasteiger partial charge < -0.3 is 23.3 Å². The summed E-state index contributed by atoms with van der Waals surface area (Å²) in [5.41, 5.74) is 1.68. The summed E-state index contributed by atoms with van der Waals surface area (Å²) >= 11 is 0. The Morgan fingerprint density at radius 1 is 1.04 bits per heavy atom. The number of hydrogen-bond donors (Lipinski definition) is 0. The van der Waals surface area contributed by atoms with E-state index < -0.39 is 0 Å². The van der Waals surface area contributed by atoms with Gasteiger partial charge in [-0.15, -0.1) is 0 Å². The topological polar surface area (TPSA) is 92.6 Å². The van der Waals surface area contributed by atoms with E-state index in [1.807, 2.05) is 25.1 Å². The van der Waals surface area contributed by atoms with E-state index in [-0.39, 0.29) is 0 Å². The number of ether oxygens (including phenoxy) is 3. The van der Waals surface area contributed by atoms with E-state index in [4.69, 9.17) is 23.3 Å². The Balaban J connectivity index is 1.59. The Morgan fingerprint density at radius 3 is 2.54 bits per heavy atom. The predicted molar refractivity (Wildman–Crippen MR) is 92.6 cm³/mol. The van der Waals surface area contributed by atoms with Gasteiger partial charge in [-0.25, -0.2) is 0 Å². The van der Waals surface area contributed by atoms with Gasteiger partial charge >= 0.3 is 0 Å². The lowest BCUT2D eigenvalue weighted by molar-refractivity contribution is 0.293. The summed E-state index contributed by atoms with van der Waals surface area (Å²) in [6.45, 7) is 4.20. The number of methoxy groups -OCH3 is 2. The number of aryl methyl sites for hydroxylation is 2. The van der Waals surface area contributed by atoms with E-state index in [9.17, 15) is 0 Å². The van der Waals surface area contributed by atoms with E-state index in [0.717, 1.165) is 29.7 Å². The average molecular weight is 359 g/mol. The van der Waals surface area contributed by atoms with E-state index >= 15 is 0 Å². The molecule has 0 radical (unpaired) electrons. The smallest absolute Gasteiger partial charge is 0.257 e. The zero-order valence-corrected chi connectivity index (χ0v) is 15.2. The zero-order chi connectivity index (χ0) is 18.5. The van der Waals surface area contributed by atoms with Crippen LogP contribution >= 0.6 is 0 Å². The molecule has 0 aliphatic carbocycles. The second-order valence-electron chi connectivity index (χ2n) is 5.69. The van der Waals surface area contributed by atoms with Crippen molar-refractivity contribution in [3.8, 4) is 28.8 Å². The SMILES string of the molecule is COc1cc(OCCCc2onc(OC)c2C)ccc1-c1noc(C)n1. The summed E-state index contributed by atoms with van der Waals surface area (Å²) in [6, 6.07) is 5.51. The van der Waals surface area contributed by atoms with Gasteiger partial charge in [0.1, 0.15) is 17.3 Å². The van der Waals surface area contributed by atoms with Crippen LogP contribution in [0.5, 0.6) is 17.4 Å². The second kappa shape index (κ2) is 7.90. The second-order valence-corrected chi connectivity index (χ2v) is 5.69.